The Morgan fingerprint density at radius 1 is 1.07 bits per heavy atom. The maximum atomic E-state index is 13.2. The zero-order chi connectivity index (χ0) is 20.3. The highest BCUT2D eigenvalue weighted by molar-refractivity contribution is 7.91. The van der Waals surface area contributed by atoms with Gasteiger partial charge in [-0.3, -0.25) is 9.59 Å². The Kier molecular flexibility index (Phi) is 5.69. The molecule has 0 saturated carbocycles. The van der Waals surface area contributed by atoms with Gasteiger partial charge in [-0.1, -0.05) is 18.6 Å². The predicted molar refractivity (Wildman–Crippen MR) is 103 cm³/mol. The number of fused-ring (bicyclic) bond motifs is 2. The van der Waals surface area contributed by atoms with Gasteiger partial charge in [0.25, 0.3) is 5.91 Å². The van der Waals surface area contributed by atoms with E-state index in [1.54, 1.807) is 24.3 Å². The van der Waals surface area contributed by atoms with Crippen molar-refractivity contribution in [3.63, 3.8) is 0 Å². The molecule has 0 radical (unpaired) electrons. The van der Waals surface area contributed by atoms with E-state index in [2.05, 4.69) is 0 Å². The molecule has 0 fully saturated rings. The van der Waals surface area contributed by atoms with Crippen molar-refractivity contribution in [2.45, 2.75) is 35.5 Å². The van der Waals surface area contributed by atoms with E-state index in [9.17, 15) is 18.0 Å². The highest BCUT2D eigenvalue weighted by Crippen LogP contribution is 2.38. The number of carbonyl (C=O) groups excluding carboxylic acids is 1. The van der Waals surface area contributed by atoms with Crippen LogP contribution in [0.4, 0.5) is 5.69 Å². The van der Waals surface area contributed by atoms with Gasteiger partial charge in [-0.15, -0.1) is 0 Å². The molecule has 1 amide bonds. The Labute approximate surface area is 163 Å². The average Bonchev–Trinajstić information content (AvgIpc) is 2.75. The average molecular weight is 403 g/mol. The molecule has 0 saturated heterocycles. The lowest BCUT2D eigenvalue weighted by molar-refractivity contribution is -0.137. The van der Waals surface area contributed by atoms with Gasteiger partial charge in [0.2, 0.25) is 9.84 Å². The number of benzene rings is 2. The molecule has 1 heterocycles. The van der Waals surface area contributed by atoms with Gasteiger partial charge in [0, 0.05) is 19.0 Å². The number of carboxylic acids is 1. The topological polar surface area (TPSA) is 101 Å². The van der Waals surface area contributed by atoms with Crippen LogP contribution in [0, 0.1) is 0 Å². The van der Waals surface area contributed by atoms with Crippen molar-refractivity contribution in [1.29, 1.82) is 0 Å². The number of anilines is 1. The second-order valence-corrected chi connectivity index (χ2v) is 8.38. The first-order valence-corrected chi connectivity index (χ1v) is 10.4. The van der Waals surface area contributed by atoms with Crippen LogP contribution < -0.4 is 9.64 Å². The van der Waals surface area contributed by atoms with E-state index in [0.717, 1.165) is 0 Å². The van der Waals surface area contributed by atoms with Crippen molar-refractivity contribution in [3.05, 3.63) is 48.0 Å². The summed E-state index contributed by atoms with van der Waals surface area (Å²) in [7, 11) is -2.40. The summed E-state index contributed by atoms with van der Waals surface area (Å²) >= 11 is 0. The molecular formula is C20H21NO6S. The van der Waals surface area contributed by atoms with E-state index in [1.165, 1.54) is 30.2 Å². The summed E-state index contributed by atoms with van der Waals surface area (Å²) in [5.41, 5.74) is 0.405. The van der Waals surface area contributed by atoms with Crippen molar-refractivity contribution in [2.75, 3.05) is 18.6 Å². The summed E-state index contributed by atoms with van der Waals surface area (Å²) in [6.07, 6.45) is 1.73. The molecule has 1 aliphatic rings. The molecule has 148 valence electrons. The number of sulfone groups is 1. The van der Waals surface area contributed by atoms with Crippen molar-refractivity contribution in [3.8, 4) is 5.75 Å². The fourth-order valence-corrected chi connectivity index (χ4v) is 4.89. The minimum atomic E-state index is -3.87. The number of methoxy groups -OCH3 is 1. The largest absolute Gasteiger partial charge is 0.497 e. The first-order chi connectivity index (χ1) is 13.4. The highest BCUT2D eigenvalue weighted by atomic mass is 32.2. The minimum Gasteiger partial charge on any atom is -0.497 e. The monoisotopic (exact) mass is 403 g/mol. The van der Waals surface area contributed by atoms with E-state index in [1.807, 2.05) is 0 Å². The maximum absolute atomic E-state index is 13.2. The SMILES string of the molecule is COc1ccc2c(c1)N(CCCCCC(=O)O)C(=O)c1ccccc1S2(=O)=O. The molecule has 8 heteroatoms. The summed E-state index contributed by atoms with van der Waals surface area (Å²) < 4.78 is 31.6. The van der Waals surface area contributed by atoms with Crippen LogP contribution in [0.1, 0.15) is 36.0 Å². The number of nitrogens with zero attached hydrogens (tertiary/aromatic N) is 1. The van der Waals surface area contributed by atoms with Crippen LogP contribution in [0.5, 0.6) is 5.75 Å². The molecule has 0 spiro atoms. The zero-order valence-corrected chi connectivity index (χ0v) is 16.2. The first-order valence-electron chi connectivity index (χ1n) is 8.92. The molecule has 0 bridgehead atoms. The fraction of sp³-hybridized carbons (Fsp3) is 0.300. The van der Waals surface area contributed by atoms with E-state index in [4.69, 9.17) is 9.84 Å². The number of unbranched alkanes of at least 4 members (excludes halogenated alkanes) is 2. The van der Waals surface area contributed by atoms with Gasteiger partial charge in [0.1, 0.15) is 5.75 Å². The lowest BCUT2D eigenvalue weighted by Crippen LogP contribution is -2.31. The summed E-state index contributed by atoms with van der Waals surface area (Å²) in [5.74, 6) is -0.811. The highest BCUT2D eigenvalue weighted by Gasteiger charge is 2.35. The fourth-order valence-electron chi connectivity index (χ4n) is 3.26. The van der Waals surface area contributed by atoms with E-state index >= 15 is 0 Å². The third kappa shape index (κ3) is 3.73. The molecule has 0 aromatic heterocycles. The van der Waals surface area contributed by atoms with Gasteiger partial charge in [0.05, 0.1) is 28.2 Å². The third-order valence-electron chi connectivity index (χ3n) is 4.67. The summed E-state index contributed by atoms with van der Waals surface area (Å²) in [4.78, 5) is 25.3. The molecular weight excluding hydrogens is 382 g/mol. The van der Waals surface area contributed by atoms with Crippen LogP contribution >= 0.6 is 0 Å². The molecule has 28 heavy (non-hydrogen) atoms. The standard InChI is InChI=1S/C20H21NO6S/c1-27-14-10-11-18-16(13-14)21(12-6-2-3-9-19(22)23)20(24)15-7-4-5-8-17(15)28(18,25)26/h4-5,7-8,10-11,13H,2-3,6,9,12H2,1H3,(H,22,23). The van der Waals surface area contributed by atoms with Gasteiger partial charge >= 0.3 is 5.97 Å². The molecule has 0 unspecified atom stereocenters. The van der Waals surface area contributed by atoms with Crippen LogP contribution in [0.15, 0.2) is 52.3 Å². The lowest BCUT2D eigenvalue weighted by atomic mass is 10.1. The number of ether oxygens (including phenoxy) is 1. The maximum Gasteiger partial charge on any atom is 0.303 e. The second kappa shape index (κ2) is 8.02. The molecule has 1 aliphatic heterocycles. The molecule has 1 N–H and O–H groups in total. The van der Waals surface area contributed by atoms with Gasteiger partial charge in [-0.05, 0) is 37.1 Å². The van der Waals surface area contributed by atoms with E-state index < -0.39 is 21.7 Å². The molecule has 0 aliphatic carbocycles. The Morgan fingerprint density at radius 2 is 1.82 bits per heavy atom. The zero-order valence-electron chi connectivity index (χ0n) is 15.4. The van der Waals surface area contributed by atoms with Crippen molar-refractivity contribution < 1.29 is 27.9 Å². The number of hydrogen-bond donors (Lipinski definition) is 1. The van der Waals surface area contributed by atoms with E-state index in [-0.39, 0.29) is 34.0 Å². The summed E-state index contributed by atoms with van der Waals surface area (Å²) in [6, 6.07) is 10.7. The van der Waals surface area contributed by atoms with E-state index in [0.29, 0.717) is 25.0 Å². The lowest BCUT2D eigenvalue weighted by Gasteiger charge is -2.23. The number of carboxylic acid groups (broad SMARTS) is 1. The summed E-state index contributed by atoms with van der Waals surface area (Å²) in [6.45, 7) is 0.280. The Morgan fingerprint density at radius 3 is 2.54 bits per heavy atom. The molecule has 2 aromatic rings. The van der Waals surface area contributed by atoms with Gasteiger partial charge in [0.15, 0.2) is 0 Å². The molecule has 0 atom stereocenters. The normalized spacial score (nSPS) is 14.8. The molecule has 7 nitrogen and oxygen atoms in total. The van der Waals surface area contributed by atoms with Gasteiger partial charge in [-0.25, -0.2) is 8.42 Å². The van der Waals surface area contributed by atoms with Crippen molar-refractivity contribution in [2.24, 2.45) is 0 Å². The predicted octanol–water partition coefficient (Wildman–Crippen LogP) is 3.13. The second-order valence-electron chi connectivity index (χ2n) is 6.49. The third-order valence-corrected chi connectivity index (χ3v) is 6.53. The Balaban J connectivity index is 2.03. The number of hydrogen-bond acceptors (Lipinski definition) is 5. The Hall–Kier alpha value is -2.87. The van der Waals surface area contributed by atoms with Crippen molar-refractivity contribution >= 4 is 27.4 Å². The van der Waals surface area contributed by atoms with Crippen LogP contribution in [-0.4, -0.2) is 39.1 Å². The van der Waals surface area contributed by atoms with Crippen LogP contribution in [0.25, 0.3) is 0 Å². The van der Waals surface area contributed by atoms with Crippen LogP contribution in [0.2, 0.25) is 0 Å². The quantitative estimate of drug-likeness (QED) is 0.713. The van der Waals surface area contributed by atoms with Crippen LogP contribution in [-0.2, 0) is 14.6 Å². The first kappa shape index (κ1) is 19.9. The van der Waals surface area contributed by atoms with Crippen LogP contribution in [0.3, 0.4) is 0 Å². The van der Waals surface area contributed by atoms with Gasteiger partial charge in [-0.2, -0.15) is 0 Å². The number of amides is 1. The molecule has 3 rings (SSSR count). The number of rotatable bonds is 7. The smallest absolute Gasteiger partial charge is 0.303 e. The van der Waals surface area contributed by atoms with Crippen molar-refractivity contribution in [1.82, 2.24) is 0 Å². The van der Waals surface area contributed by atoms with Gasteiger partial charge < -0.3 is 14.7 Å². The minimum absolute atomic E-state index is 0.0141. The number of carbonyl (C=O) groups is 2. The molecule has 2 aromatic carbocycles. The summed E-state index contributed by atoms with van der Waals surface area (Å²) in [5, 5.41) is 8.75. The Bertz CT molecular complexity index is 1020. The number of aliphatic carboxylic acids is 1.